The van der Waals surface area contributed by atoms with E-state index in [1.165, 1.54) is 6.92 Å². The van der Waals surface area contributed by atoms with Crippen LogP contribution < -0.4 is 4.72 Å². The Labute approximate surface area is 131 Å². The van der Waals surface area contributed by atoms with Crippen LogP contribution in [0.3, 0.4) is 0 Å². The van der Waals surface area contributed by atoms with Gasteiger partial charge in [0.15, 0.2) is 0 Å². The molecule has 1 N–H and O–H groups in total. The smallest absolute Gasteiger partial charge is 0.361 e. The number of alkyl halides is 3. The van der Waals surface area contributed by atoms with Gasteiger partial charge in [0.05, 0.1) is 16.2 Å². The molecule has 0 unspecified atom stereocenters. The largest absolute Gasteiger partial charge is 0.416 e. The number of benzene rings is 1. The number of nitrogens with zero attached hydrogens (tertiary/aromatic N) is 1. The average molecular weight is 348 g/mol. The Morgan fingerprint density at radius 1 is 1.22 bits per heavy atom. The average Bonchev–Trinajstić information content (AvgIpc) is 2.75. The molecule has 9 heteroatoms. The SMILES string of the molecule is Cc1ccc(S(=O)(=O)NCc2c(C)noc2C)cc1C(F)(F)F. The van der Waals surface area contributed by atoms with Crippen molar-refractivity contribution in [2.24, 2.45) is 0 Å². The lowest BCUT2D eigenvalue weighted by molar-refractivity contribution is -0.138. The molecule has 1 heterocycles. The molecule has 0 saturated carbocycles. The van der Waals surface area contributed by atoms with Crippen molar-refractivity contribution in [3.05, 3.63) is 46.3 Å². The molecule has 23 heavy (non-hydrogen) atoms. The Hall–Kier alpha value is -1.87. The summed E-state index contributed by atoms with van der Waals surface area (Å²) in [6.45, 7) is 4.43. The van der Waals surface area contributed by atoms with Gasteiger partial charge in [-0.05, 0) is 38.5 Å². The molecule has 0 aliphatic rings. The first-order valence-electron chi connectivity index (χ1n) is 6.61. The highest BCUT2D eigenvalue weighted by atomic mass is 32.2. The first kappa shape index (κ1) is 17.5. The van der Waals surface area contributed by atoms with Gasteiger partial charge in [0.2, 0.25) is 10.0 Å². The summed E-state index contributed by atoms with van der Waals surface area (Å²) in [4.78, 5) is -0.442. The third-order valence-corrected chi connectivity index (χ3v) is 4.84. The fourth-order valence-corrected chi connectivity index (χ4v) is 3.10. The van der Waals surface area contributed by atoms with Gasteiger partial charge in [0.1, 0.15) is 5.76 Å². The van der Waals surface area contributed by atoms with Gasteiger partial charge in [-0.1, -0.05) is 11.2 Å². The van der Waals surface area contributed by atoms with Crippen LogP contribution >= 0.6 is 0 Å². The van der Waals surface area contributed by atoms with Crippen LogP contribution in [0.25, 0.3) is 0 Å². The van der Waals surface area contributed by atoms with E-state index in [-0.39, 0.29) is 12.1 Å². The molecule has 2 aromatic rings. The Morgan fingerprint density at radius 2 is 1.87 bits per heavy atom. The van der Waals surface area contributed by atoms with Crippen molar-refractivity contribution in [1.29, 1.82) is 0 Å². The number of sulfonamides is 1. The highest BCUT2D eigenvalue weighted by Crippen LogP contribution is 2.33. The van der Waals surface area contributed by atoms with Crippen LogP contribution in [0.5, 0.6) is 0 Å². The van der Waals surface area contributed by atoms with Crippen LogP contribution in [0, 0.1) is 20.8 Å². The minimum Gasteiger partial charge on any atom is -0.361 e. The van der Waals surface area contributed by atoms with Crippen LogP contribution in [0.4, 0.5) is 13.2 Å². The molecule has 0 atom stereocenters. The zero-order valence-electron chi connectivity index (χ0n) is 12.7. The van der Waals surface area contributed by atoms with Crippen molar-refractivity contribution in [3.63, 3.8) is 0 Å². The summed E-state index contributed by atoms with van der Waals surface area (Å²) in [6, 6.07) is 2.90. The summed E-state index contributed by atoms with van der Waals surface area (Å²) in [5, 5.41) is 3.69. The Bertz CT molecular complexity index is 807. The fraction of sp³-hybridized carbons (Fsp3) is 0.357. The van der Waals surface area contributed by atoms with Crippen LogP contribution in [-0.4, -0.2) is 13.6 Å². The molecule has 1 aromatic carbocycles. The lowest BCUT2D eigenvalue weighted by atomic mass is 10.1. The fourth-order valence-electron chi connectivity index (χ4n) is 2.08. The van der Waals surface area contributed by atoms with Crippen molar-refractivity contribution >= 4 is 10.0 Å². The summed E-state index contributed by atoms with van der Waals surface area (Å²) in [7, 11) is -4.09. The quantitative estimate of drug-likeness (QED) is 0.922. The van der Waals surface area contributed by atoms with E-state index in [0.29, 0.717) is 23.1 Å². The molecule has 0 spiro atoms. The lowest BCUT2D eigenvalue weighted by Crippen LogP contribution is -2.24. The number of aromatic nitrogens is 1. The van der Waals surface area contributed by atoms with Crippen molar-refractivity contribution in [2.45, 2.75) is 38.4 Å². The molecular formula is C14H15F3N2O3S. The summed E-state index contributed by atoms with van der Waals surface area (Å²) < 4.78 is 70.3. The van der Waals surface area contributed by atoms with Gasteiger partial charge in [-0.15, -0.1) is 0 Å². The third-order valence-electron chi connectivity index (χ3n) is 3.44. The molecule has 0 aliphatic heterocycles. The summed E-state index contributed by atoms with van der Waals surface area (Å²) >= 11 is 0. The van der Waals surface area contributed by atoms with Gasteiger partial charge in [0, 0.05) is 12.1 Å². The standard InChI is InChI=1S/C14H15F3N2O3S/c1-8-4-5-11(6-13(8)14(15,16)17)23(20,21)18-7-12-9(2)19-22-10(12)3/h4-6,18H,7H2,1-3H3. The van der Waals surface area contributed by atoms with Crippen molar-refractivity contribution in [2.75, 3.05) is 0 Å². The van der Waals surface area contributed by atoms with Crippen LogP contribution in [-0.2, 0) is 22.7 Å². The minimum absolute atomic E-state index is 0.0397. The third kappa shape index (κ3) is 3.73. The van der Waals surface area contributed by atoms with Crippen molar-refractivity contribution < 1.29 is 26.1 Å². The van der Waals surface area contributed by atoms with Gasteiger partial charge in [0.25, 0.3) is 0 Å². The van der Waals surface area contributed by atoms with Crippen molar-refractivity contribution in [3.8, 4) is 0 Å². The Balaban J connectivity index is 2.30. The monoisotopic (exact) mass is 348 g/mol. The second-order valence-corrected chi connectivity index (χ2v) is 6.87. The van der Waals surface area contributed by atoms with Crippen LogP contribution in [0.15, 0.2) is 27.6 Å². The Kier molecular flexibility index (Phi) is 4.54. The molecule has 0 aliphatic carbocycles. The topological polar surface area (TPSA) is 72.2 Å². The molecule has 0 radical (unpaired) electrons. The molecular weight excluding hydrogens is 333 g/mol. The van der Waals surface area contributed by atoms with Crippen molar-refractivity contribution in [1.82, 2.24) is 9.88 Å². The molecule has 0 fully saturated rings. The maximum absolute atomic E-state index is 12.9. The van der Waals surface area contributed by atoms with Gasteiger partial charge >= 0.3 is 6.18 Å². The van der Waals surface area contributed by atoms with Crippen LogP contribution in [0.2, 0.25) is 0 Å². The van der Waals surface area contributed by atoms with Gasteiger partial charge in [-0.3, -0.25) is 0 Å². The molecule has 1 aromatic heterocycles. The zero-order valence-corrected chi connectivity index (χ0v) is 13.5. The lowest BCUT2D eigenvalue weighted by Gasteiger charge is -2.13. The molecule has 5 nitrogen and oxygen atoms in total. The van der Waals surface area contributed by atoms with E-state index in [9.17, 15) is 21.6 Å². The molecule has 0 saturated heterocycles. The second-order valence-electron chi connectivity index (χ2n) is 5.10. The number of rotatable bonds is 4. The number of aryl methyl sites for hydroxylation is 3. The molecule has 2 rings (SSSR count). The van der Waals surface area contributed by atoms with Crippen LogP contribution in [0.1, 0.15) is 28.1 Å². The number of halogens is 3. The highest BCUT2D eigenvalue weighted by molar-refractivity contribution is 7.89. The van der Waals surface area contributed by atoms with E-state index in [0.717, 1.165) is 12.1 Å². The van der Waals surface area contributed by atoms with E-state index in [4.69, 9.17) is 4.52 Å². The van der Waals surface area contributed by atoms with Gasteiger partial charge in [-0.25, -0.2) is 13.1 Å². The van der Waals surface area contributed by atoms with E-state index in [1.807, 2.05) is 0 Å². The van der Waals surface area contributed by atoms with E-state index in [2.05, 4.69) is 9.88 Å². The molecule has 0 amide bonds. The summed E-state index contributed by atoms with van der Waals surface area (Å²) in [5.74, 6) is 0.449. The summed E-state index contributed by atoms with van der Waals surface area (Å²) in [6.07, 6.45) is -4.61. The Morgan fingerprint density at radius 3 is 2.39 bits per heavy atom. The number of hydrogen-bond acceptors (Lipinski definition) is 4. The van der Waals surface area contributed by atoms with E-state index < -0.39 is 26.7 Å². The maximum atomic E-state index is 12.9. The van der Waals surface area contributed by atoms with E-state index in [1.54, 1.807) is 13.8 Å². The van der Waals surface area contributed by atoms with Gasteiger partial charge < -0.3 is 4.52 Å². The number of nitrogens with one attached hydrogen (secondary N) is 1. The predicted octanol–water partition coefficient (Wildman–Crippen LogP) is 3.10. The molecule has 126 valence electrons. The van der Waals surface area contributed by atoms with Gasteiger partial charge in [-0.2, -0.15) is 13.2 Å². The number of hydrogen-bond donors (Lipinski definition) is 1. The normalized spacial score (nSPS) is 12.6. The minimum atomic E-state index is -4.61. The summed E-state index contributed by atoms with van der Waals surface area (Å²) in [5.41, 5.74) is 0.0571. The first-order valence-corrected chi connectivity index (χ1v) is 8.10. The zero-order chi connectivity index (χ0) is 17.4. The van der Waals surface area contributed by atoms with E-state index >= 15 is 0 Å². The molecule has 0 bridgehead atoms. The first-order chi connectivity index (χ1) is 10.5. The predicted molar refractivity (Wildman–Crippen MR) is 76.2 cm³/mol. The second kappa shape index (κ2) is 5.97. The highest BCUT2D eigenvalue weighted by Gasteiger charge is 2.33. The maximum Gasteiger partial charge on any atom is 0.416 e.